The molecule has 2 N–H and O–H groups in total. The number of carbonyl (C=O) groups is 1. The molecule has 0 spiro atoms. The molecule has 1 aromatic heterocycles. The number of anilines is 1. The second-order valence-corrected chi connectivity index (χ2v) is 4.29. The van der Waals surface area contributed by atoms with E-state index in [1.54, 1.807) is 12.4 Å². The van der Waals surface area contributed by atoms with Crippen molar-refractivity contribution in [1.29, 1.82) is 0 Å². The van der Waals surface area contributed by atoms with Crippen molar-refractivity contribution >= 4 is 22.8 Å². The molecule has 0 aliphatic heterocycles. The molecule has 0 aliphatic rings. The number of aromatic amines is 1. The molecule has 0 bridgehead atoms. The summed E-state index contributed by atoms with van der Waals surface area (Å²) < 4.78 is 5.17. The highest BCUT2D eigenvalue weighted by Crippen LogP contribution is 2.19. The Kier molecular flexibility index (Phi) is 3.33. The second kappa shape index (κ2) is 5.44. The average molecular weight is 267 g/mol. The number of imidazole rings is 1. The summed E-state index contributed by atoms with van der Waals surface area (Å²) in [6.45, 7) is 0.239. The molecular weight excluding hydrogens is 254 g/mol. The SMILES string of the molecule is O=C(Nc1cccc2[nH]cnc12)OCc1ccccc1. The summed E-state index contributed by atoms with van der Waals surface area (Å²) in [6.07, 6.45) is 1.09. The first-order valence-electron chi connectivity index (χ1n) is 6.23. The van der Waals surface area contributed by atoms with E-state index in [1.807, 2.05) is 42.5 Å². The topological polar surface area (TPSA) is 67.0 Å². The van der Waals surface area contributed by atoms with Crippen LogP contribution in [0.4, 0.5) is 10.5 Å². The van der Waals surface area contributed by atoms with Crippen molar-refractivity contribution in [2.75, 3.05) is 5.32 Å². The Bertz CT molecular complexity index is 722. The van der Waals surface area contributed by atoms with Crippen LogP contribution in [0, 0.1) is 0 Å². The number of H-pyrrole nitrogens is 1. The van der Waals surface area contributed by atoms with E-state index >= 15 is 0 Å². The number of hydrogen-bond acceptors (Lipinski definition) is 3. The lowest BCUT2D eigenvalue weighted by Crippen LogP contribution is -2.13. The van der Waals surface area contributed by atoms with E-state index in [0.29, 0.717) is 11.2 Å². The number of carbonyl (C=O) groups excluding carboxylic acids is 1. The fourth-order valence-electron chi connectivity index (χ4n) is 1.94. The van der Waals surface area contributed by atoms with E-state index < -0.39 is 6.09 Å². The summed E-state index contributed by atoms with van der Waals surface area (Å²) in [5, 5.41) is 2.70. The first-order chi connectivity index (χ1) is 9.83. The number of aromatic nitrogens is 2. The monoisotopic (exact) mass is 267 g/mol. The third-order valence-electron chi connectivity index (χ3n) is 2.90. The summed E-state index contributed by atoms with van der Waals surface area (Å²) in [7, 11) is 0. The van der Waals surface area contributed by atoms with Crippen molar-refractivity contribution in [1.82, 2.24) is 9.97 Å². The number of para-hydroxylation sites is 1. The van der Waals surface area contributed by atoms with Crippen molar-refractivity contribution in [3.05, 3.63) is 60.4 Å². The van der Waals surface area contributed by atoms with Crippen LogP contribution in [0.5, 0.6) is 0 Å². The lowest BCUT2D eigenvalue weighted by atomic mass is 10.2. The van der Waals surface area contributed by atoms with Gasteiger partial charge in [0.25, 0.3) is 0 Å². The Morgan fingerprint density at radius 1 is 1.15 bits per heavy atom. The average Bonchev–Trinajstić information content (AvgIpc) is 2.96. The minimum atomic E-state index is -0.496. The van der Waals surface area contributed by atoms with Gasteiger partial charge in [-0.3, -0.25) is 5.32 Å². The van der Waals surface area contributed by atoms with Crippen LogP contribution in [0.3, 0.4) is 0 Å². The fourth-order valence-corrected chi connectivity index (χ4v) is 1.94. The van der Waals surface area contributed by atoms with Crippen LogP contribution in [0.1, 0.15) is 5.56 Å². The van der Waals surface area contributed by atoms with Gasteiger partial charge in [0.2, 0.25) is 0 Å². The highest BCUT2D eigenvalue weighted by atomic mass is 16.5. The summed E-state index contributed by atoms with van der Waals surface area (Å²) in [6, 6.07) is 15.1. The van der Waals surface area contributed by atoms with E-state index in [-0.39, 0.29) is 6.61 Å². The Morgan fingerprint density at radius 3 is 2.85 bits per heavy atom. The molecule has 0 atom stereocenters. The number of hydrogen-bond donors (Lipinski definition) is 2. The maximum absolute atomic E-state index is 11.8. The zero-order chi connectivity index (χ0) is 13.8. The summed E-state index contributed by atoms with van der Waals surface area (Å²) in [5.41, 5.74) is 3.15. The van der Waals surface area contributed by atoms with E-state index in [9.17, 15) is 4.79 Å². The molecule has 0 fully saturated rings. The normalized spacial score (nSPS) is 10.4. The van der Waals surface area contributed by atoms with Gasteiger partial charge in [-0.1, -0.05) is 36.4 Å². The number of rotatable bonds is 3. The maximum Gasteiger partial charge on any atom is 0.412 e. The number of amides is 1. The Morgan fingerprint density at radius 2 is 2.00 bits per heavy atom. The van der Waals surface area contributed by atoms with Crippen molar-refractivity contribution in [2.24, 2.45) is 0 Å². The highest BCUT2D eigenvalue weighted by Gasteiger charge is 2.08. The minimum Gasteiger partial charge on any atom is -0.444 e. The first kappa shape index (κ1) is 12.2. The van der Waals surface area contributed by atoms with Crippen LogP contribution >= 0.6 is 0 Å². The molecule has 0 radical (unpaired) electrons. The summed E-state index contributed by atoms with van der Waals surface area (Å²) in [4.78, 5) is 18.9. The van der Waals surface area contributed by atoms with E-state index in [2.05, 4.69) is 15.3 Å². The molecule has 5 nitrogen and oxygen atoms in total. The quantitative estimate of drug-likeness (QED) is 0.765. The zero-order valence-corrected chi connectivity index (χ0v) is 10.7. The molecule has 5 heteroatoms. The predicted octanol–water partition coefficient (Wildman–Crippen LogP) is 3.31. The van der Waals surface area contributed by atoms with Crippen molar-refractivity contribution < 1.29 is 9.53 Å². The zero-order valence-electron chi connectivity index (χ0n) is 10.7. The van der Waals surface area contributed by atoms with Gasteiger partial charge >= 0.3 is 6.09 Å². The van der Waals surface area contributed by atoms with Gasteiger partial charge in [0.15, 0.2) is 0 Å². The molecule has 0 unspecified atom stereocenters. The Hall–Kier alpha value is -2.82. The number of nitrogens with zero attached hydrogens (tertiary/aromatic N) is 1. The van der Waals surface area contributed by atoms with Crippen LogP contribution in [0.15, 0.2) is 54.9 Å². The van der Waals surface area contributed by atoms with Crippen LogP contribution in [-0.4, -0.2) is 16.1 Å². The molecule has 20 heavy (non-hydrogen) atoms. The molecule has 100 valence electrons. The molecule has 0 saturated carbocycles. The van der Waals surface area contributed by atoms with E-state index in [4.69, 9.17) is 4.74 Å². The third kappa shape index (κ3) is 2.61. The lowest BCUT2D eigenvalue weighted by molar-refractivity contribution is 0.155. The van der Waals surface area contributed by atoms with Gasteiger partial charge in [-0.15, -0.1) is 0 Å². The molecular formula is C15H13N3O2. The standard InChI is InChI=1S/C15H13N3O2/c19-15(20-9-11-5-2-1-3-6-11)18-13-8-4-7-12-14(13)17-10-16-12/h1-8,10H,9H2,(H,16,17)(H,18,19). The van der Waals surface area contributed by atoms with Gasteiger partial charge < -0.3 is 9.72 Å². The predicted molar refractivity (Wildman–Crippen MR) is 76.3 cm³/mol. The molecule has 0 saturated heterocycles. The van der Waals surface area contributed by atoms with Gasteiger partial charge in [-0.05, 0) is 17.7 Å². The smallest absolute Gasteiger partial charge is 0.412 e. The van der Waals surface area contributed by atoms with Crippen LogP contribution in [-0.2, 0) is 11.3 Å². The Labute approximate surface area is 115 Å². The minimum absolute atomic E-state index is 0.239. The molecule has 0 aliphatic carbocycles. The number of nitrogens with one attached hydrogen (secondary N) is 2. The van der Waals surface area contributed by atoms with Crippen molar-refractivity contribution in [3.8, 4) is 0 Å². The van der Waals surface area contributed by atoms with Crippen LogP contribution < -0.4 is 5.32 Å². The number of benzene rings is 2. The Balaban J connectivity index is 1.66. The summed E-state index contributed by atoms with van der Waals surface area (Å²) >= 11 is 0. The van der Waals surface area contributed by atoms with Crippen LogP contribution in [0.25, 0.3) is 11.0 Å². The van der Waals surface area contributed by atoms with Gasteiger partial charge in [0, 0.05) is 0 Å². The van der Waals surface area contributed by atoms with E-state index in [0.717, 1.165) is 11.1 Å². The molecule has 3 aromatic rings. The lowest BCUT2D eigenvalue weighted by Gasteiger charge is -2.07. The highest BCUT2D eigenvalue weighted by molar-refractivity contribution is 5.96. The molecule has 1 heterocycles. The van der Waals surface area contributed by atoms with E-state index in [1.165, 1.54) is 0 Å². The van der Waals surface area contributed by atoms with Gasteiger partial charge in [0.1, 0.15) is 12.1 Å². The van der Waals surface area contributed by atoms with Crippen molar-refractivity contribution in [2.45, 2.75) is 6.61 Å². The molecule has 2 aromatic carbocycles. The van der Waals surface area contributed by atoms with Gasteiger partial charge in [-0.25, -0.2) is 9.78 Å². The fraction of sp³-hybridized carbons (Fsp3) is 0.0667. The van der Waals surface area contributed by atoms with Gasteiger partial charge in [0.05, 0.1) is 17.5 Å². The largest absolute Gasteiger partial charge is 0.444 e. The molecule has 3 rings (SSSR count). The first-order valence-corrected chi connectivity index (χ1v) is 6.23. The maximum atomic E-state index is 11.8. The van der Waals surface area contributed by atoms with Crippen LogP contribution in [0.2, 0.25) is 0 Å². The third-order valence-corrected chi connectivity index (χ3v) is 2.90. The van der Waals surface area contributed by atoms with Crippen molar-refractivity contribution in [3.63, 3.8) is 0 Å². The number of ether oxygens (including phenoxy) is 1. The molecule has 1 amide bonds. The number of fused-ring (bicyclic) bond motifs is 1. The second-order valence-electron chi connectivity index (χ2n) is 4.29. The van der Waals surface area contributed by atoms with Gasteiger partial charge in [-0.2, -0.15) is 0 Å². The summed E-state index contributed by atoms with van der Waals surface area (Å²) in [5.74, 6) is 0.